The van der Waals surface area contributed by atoms with Gasteiger partial charge in [0.1, 0.15) is 12.7 Å². The minimum atomic E-state index is -0.00573. The number of fused-ring (bicyclic) bond motifs is 1. The van der Waals surface area contributed by atoms with Gasteiger partial charge in [-0.1, -0.05) is 11.6 Å². The highest BCUT2D eigenvalue weighted by molar-refractivity contribution is 5.98. The standard InChI is InChI=1S/C25H28N6O/c1-17-5-6-22-21(12-17)24(19-7-9-26-10-8-19)25(29-22)20-4-3-11-30(14-20)23(32)13-18(2)31-16-27-15-28-31/h5-10,12,15-16,18,20,29H,3-4,11,13-14H2,1-2H3/t18-,20+/m1/s1. The van der Waals surface area contributed by atoms with Crippen molar-refractivity contribution < 1.29 is 4.79 Å². The Kier molecular flexibility index (Phi) is 5.47. The number of likely N-dealkylation sites (tertiary alicyclic amines) is 1. The summed E-state index contributed by atoms with van der Waals surface area (Å²) in [5.74, 6) is 0.445. The van der Waals surface area contributed by atoms with Crippen molar-refractivity contribution in [2.75, 3.05) is 13.1 Å². The first-order valence-corrected chi connectivity index (χ1v) is 11.2. The molecule has 4 aromatic rings. The number of piperidine rings is 1. The van der Waals surface area contributed by atoms with Gasteiger partial charge in [-0.2, -0.15) is 5.10 Å². The Morgan fingerprint density at radius 2 is 2.06 bits per heavy atom. The fraction of sp³-hybridized carbons (Fsp3) is 0.360. The molecule has 0 radical (unpaired) electrons. The summed E-state index contributed by atoms with van der Waals surface area (Å²) in [6.45, 7) is 5.67. The van der Waals surface area contributed by atoms with Crippen LogP contribution in [0.25, 0.3) is 22.0 Å². The maximum Gasteiger partial charge on any atom is 0.224 e. The predicted octanol–water partition coefficient (Wildman–Crippen LogP) is 4.49. The van der Waals surface area contributed by atoms with Crippen LogP contribution in [0.5, 0.6) is 0 Å². The molecule has 0 unspecified atom stereocenters. The zero-order chi connectivity index (χ0) is 22.1. The minimum Gasteiger partial charge on any atom is -0.358 e. The molecule has 0 aliphatic carbocycles. The van der Waals surface area contributed by atoms with Crippen molar-refractivity contribution in [3.8, 4) is 11.1 Å². The van der Waals surface area contributed by atoms with Crippen LogP contribution in [-0.4, -0.2) is 48.6 Å². The topological polar surface area (TPSA) is 79.7 Å². The van der Waals surface area contributed by atoms with Crippen LogP contribution in [0.15, 0.2) is 55.4 Å². The molecule has 0 saturated carbocycles. The van der Waals surface area contributed by atoms with Gasteiger partial charge in [0.05, 0.1) is 6.04 Å². The van der Waals surface area contributed by atoms with Crippen molar-refractivity contribution in [1.29, 1.82) is 0 Å². The highest BCUT2D eigenvalue weighted by atomic mass is 16.2. The van der Waals surface area contributed by atoms with Gasteiger partial charge in [0.2, 0.25) is 5.91 Å². The molecule has 1 aromatic carbocycles. The summed E-state index contributed by atoms with van der Waals surface area (Å²) in [6.07, 6.45) is 9.36. The molecule has 0 bridgehead atoms. The van der Waals surface area contributed by atoms with E-state index in [9.17, 15) is 4.79 Å². The Morgan fingerprint density at radius 3 is 2.84 bits per heavy atom. The Labute approximate surface area is 187 Å². The van der Waals surface area contributed by atoms with Gasteiger partial charge in [0, 0.05) is 60.0 Å². The summed E-state index contributed by atoms with van der Waals surface area (Å²) in [6, 6.07) is 10.7. The molecule has 3 aromatic heterocycles. The number of amides is 1. The van der Waals surface area contributed by atoms with E-state index in [0.717, 1.165) is 37.0 Å². The van der Waals surface area contributed by atoms with Crippen LogP contribution in [0.4, 0.5) is 0 Å². The number of hydrogen-bond donors (Lipinski definition) is 1. The second-order valence-electron chi connectivity index (χ2n) is 8.81. The van der Waals surface area contributed by atoms with Gasteiger partial charge in [-0.05, 0) is 56.5 Å². The summed E-state index contributed by atoms with van der Waals surface area (Å²) < 4.78 is 1.75. The number of rotatable bonds is 5. The molecule has 5 rings (SSSR count). The third-order valence-corrected chi connectivity index (χ3v) is 6.49. The molecular formula is C25H28N6O. The summed E-state index contributed by atoms with van der Waals surface area (Å²) in [4.78, 5) is 27.0. The van der Waals surface area contributed by atoms with Crippen molar-refractivity contribution in [1.82, 2.24) is 29.6 Å². The van der Waals surface area contributed by atoms with Crippen LogP contribution in [0.1, 0.15) is 49.4 Å². The second kappa shape index (κ2) is 8.57. The van der Waals surface area contributed by atoms with Gasteiger partial charge in [-0.3, -0.25) is 9.78 Å². The highest BCUT2D eigenvalue weighted by Crippen LogP contribution is 2.39. The number of nitrogens with zero attached hydrogens (tertiary/aromatic N) is 5. The number of hydrogen-bond acceptors (Lipinski definition) is 4. The molecule has 1 saturated heterocycles. The lowest BCUT2D eigenvalue weighted by atomic mass is 9.89. The maximum absolute atomic E-state index is 13.1. The van der Waals surface area contributed by atoms with Gasteiger partial charge >= 0.3 is 0 Å². The number of pyridine rings is 1. The Bertz CT molecular complexity index is 1210. The summed E-state index contributed by atoms with van der Waals surface area (Å²) in [5, 5.41) is 5.41. The Morgan fingerprint density at radius 1 is 1.22 bits per heavy atom. The maximum atomic E-state index is 13.1. The third kappa shape index (κ3) is 3.90. The fourth-order valence-electron chi connectivity index (χ4n) is 4.82. The largest absolute Gasteiger partial charge is 0.358 e. The van der Waals surface area contributed by atoms with Gasteiger partial charge in [-0.15, -0.1) is 0 Å². The Hall–Kier alpha value is -3.48. The number of aromatic nitrogens is 5. The van der Waals surface area contributed by atoms with Gasteiger partial charge in [-0.25, -0.2) is 9.67 Å². The van der Waals surface area contributed by atoms with E-state index >= 15 is 0 Å². The summed E-state index contributed by atoms with van der Waals surface area (Å²) >= 11 is 0. The first-order valence-electron chi connectivity index (χ1n) is 11.2. The van der Waals surface area contributed by atoms with E-state index < -0.39 is 0 Å². The number of H-pyrrole nitrogens is 1. The molecule has 1 aliphatic heterocycles. The second-order valence-corrected chi connectivity index (χ2v) is 8.81. The van der Waals surface area contributed by atoms with Crippen LogP contribution >= 0.6 is 0 Å². The first-order chi connectivity index (χ1) is 15.6. The number of carbonyl (C=O) groups is 1. The first kappa shape index (κ1) is 20.4. The van der Waals surface area contributed by atoms with Gasteiger partial charge in [0.15, 0.2) is 0 Å². The third-order valence-electron chi connectivity index (χ3n) is 6.49. The normalized spacial score (nSPS) is 17.6. The molecule has 1 N–H and O–H groups in total. The number of nitrogens with one attached hydrogen (secondary N) is 1. The average Bonchev–Trinajstić information content (AvgIpc) is 3.48. The lowest BCUT2D eigenvalue weighted by Crippen LogP contribution is -2.40. The molecule has 32 heavy (non-hydrogen) atoms. The van der Waals surface area contributed by atoms with E-state index in [1.807, 2.05) is 24.2 Å². The van der Waals surface area contributed by atoms with Crippen molar-refractivity contribution in [2.45, 2.75) is 45.1 Å². The minimum absolute atomic E-state index is 0.00573. The van der Waals surface area contributed by atoms with Crippen LogP contribution < -0.4 is 0 Å². The molecule has 1 amide bonds. The summed E-state index contributed by atoms with van der Waals surface area (Å²) in [5.41, 5.74) is 6.00. The lowest BCUT2D eigenvalue weighted by Gasteiger charge is -2.33. The quantitative estimate of drug-likeness (QED) is 0.508. The molecule has 1 fully saturated rings. The number of aromatic amines is 1. The van der Waals surface area contributed by atoms with Gasteiger partial charge < -0.3 is 9.88 Å². The smallest absolute Gasteiger partial charge is 0.224 e. The monoisotopic (exact) mass is 428 g/mol. The molecular weight excluding hydrogens is 400 g/mol. The van der Waals surface area contributed by atoms with Gasteiger partial charge in [0.25, 0.3) is 0 Å². The van der Waals surface area contributed by atoms with Crippen LogP contribution in [-0.2, 0) is 4.79 Å². The van der Waals surface area contributed by atoms with Crippen molar-refractivity contribution in [3.05, 3.63) is 66.6 Å². The number of aryl methyl sites for hydroxylation is 1. The van der Waals surface area contributed by atoms with E-state index in [2.05, 4.69) is 57.3 Å². The molecule has 7 heteroatoms. The molecule has 4 heterocycles. The van der Waals surface area contributed by atoms with E-state index in [4.69, 9.17) is 0 Å². The van der Waals surface area contributed by atoms with Crippen molar-refractivity contribution >= 4 is 16.8 Å². The van der Waals surface area contributed by atoms with Crippen molar-refractivity contribution in [3.63, 3.8) is 0 Å². The summed E-state index contributed by atoms with van der Waals surface area (Å²) in [7, 11) is 0. The van der Waals surface area contributed by atoms with Crippen molar-refractivity contribution in [2.24, 2.45) is 0 Å². The zero-order valence-electron chi connectivity index (χ0n) is 18.5. The predicted molar refractivity (Wildman–Crippen MR) is 124 cm³/mol. The number of benzene rings is 1. The molecule has 0 spiro atoms. The lowest BCUT2D eigenvalue weighted by molar-refractivity contribution is -0.133. The average molecular weight is 429 g/mol. The van der Waals surface area contributed by atoms with E-state index in [1.165, 1.54) is 28.5 Å². The molecule has 1 aliphatic rings. The SMILES string of the molecule is Cc1ccc2[nH]c([C@H]3CCCN(C(=O)C[C@@H](C)n4cncn4)C3)c(-c3ccncc3)c2c1. The number of carbonyl (C=O) groups excluding carboxylic acids is 1. The molecule has 2 atom stereocenters. The van der Waals surface area contributed by atoms with Crippen LogP contribution in [0.2, 0.25) is 0 Å². The van der Waals surface area contributed by atoms with E-state index in [-0.39, 0.29) is 17.9 Å². The van der Waals surface area contributed by atoms with E-state index in [1.54, 1.807) is 11.0 Å². The molecule has 164 valence electrons. The zero-order valence-corrected chi connectivity index (χ0v) is 18.5. The van der Waals surface area contributed by atoms with Crippen LogP contribution in [0, 0.1) is 6.92 Å². The van der Waals surface area contributed by atoms with E-state index in [0.29, 0.717) is 6.42 Å². The van der Waals surface area contributed by atoms with Crippen LogP contribution in [0.3, 0.4) is 0 Å². The molecule has 7 nitrogen and oxygen atoms in total. The fourth-order valence-corrected chi connectivity index (χ4v) is 4.82. The Balaban J connectivity index is 1.44. The highest BCUT2D eigenvalue weighted by Gasteiger charge is 2.29.